The maximum atomic E-state index is 11.4. The molecule has 2 aromatic heterocycles. The zero-order valence-electron chi connectivity index (χ0n) is 14.4. The second kappa shape index (κ2) is 7.83. The lowest BCUT2D eigenvalue weighted by Gasteiger charge is -2.10. The Hall–Kier alpha value is -3.47. The first-order valence-corrected chi connectivity index (χ1v) is 8.20. The van der Waals surface area contributed by atoms with Gasteiger partial charge in [-0.2, -0.15) is 9.78 Å². The molecule has 0 aliphatic carbocycles. The van der Waals surface area contributed by atoms with E-state index in [0.29, 0.717) is 23.8 Å². The number of furan rings is 1. The average Bonchev–Trinajstić information content (AvgIpc) is 3.29. The van der Waals surface area contributed by atoms with Crippen LogP contribution in [0.25, 0.3) is 11.6 Å². The summed E-state index contributed by atoms with van der Waals surface area (Å²) < 4.78 is 17.5. The minimum absolute atomic E-state index is 0.0511. The lowest BCUT2D eigenvalue weighted by Crippen LogP contribution is -2.01. The fourth-order valence-electron chi connectivity index (χ4n) is 2.37. The average molecular weight is 389 g/mol. The minimum atomic E-state index is -0.545. The Bertz CT molecular complexity index is 1040. The third kappa shape index (κ3) is 3.72. The van der Waals surface area contributed by atoms with Gasteiger partial charge in [-0.3, -0.25) is 10.1 Å². The van der Waals surface area contributed by atoms with Crippen molar-refractivity contribution in [2.75, 3.05) is 13.7 Å². The molecule has 0 saturated carbocycles. The summed E-state index contributed by atoms with van der Waals surface area (Å²) in [6.07, 6.45) is 2.91. The molecule has 3 rings (SSSR count). The van der Waals surface area contributed by atoms with E-state index in [9.17, 15) is 10.1 Å². The number of aromatic amines is 1. The van der Waals surface area contributed by atoms with Crippen LogP contribution in [0.15, 0.2) is 40.0 Å². The number of nitro groups is 1. The van der Waals surface area contributed by atoms with Crippen LogP contribution in [0.1, 0.15) is 12.5 Å². The van der Waals surface area contributed by atoms with Crippen LogP contribution in [0.3, 0.4) is 0 Å². The number of hydrogen-bond acceptors (Lipinski definition) is 8. The van der Waals surface area contributed by atoms with Gasteiger partial charge >= 0.3 is 5.69 Å². The van der Waals surface area contributed by atoms with E-state index in [0.717, 1.165) is 0 Å². The first kappa shape index (κ1) is 18.3. The van der Waals surface area contributed by atoms with E-state index in [-0.39, 0.29) is 22.0 Å². The molecule has 0 amide bonds. The molecule has 27 heavy (non-hydrogen) atoms. The van der Waals surface area contributed by atoms with Gasteiger partial charge in [-0.15, -0.1) is 5.10 Å². The Balaban J connectivity index is 2.05. The van der Waals surface area contributed by atoms with Crippen molar-refractivity contribution in [2.24, 2.45) is 5.10 Å². The van der Waals surface area contributed by atoms with Crippen molar-refractivity contribution < 1.29 is 18.8 Å². The lowest BCUT2D eigenvalue weighted by atomic mass is 10.2. The van der Waals surface area contributed by atoms with Crippen LogP contribution in [0, 0.1) is 14.9 Å². The van der Waals surface area contributed by atoms with Crippen LogP contribution < -0.4 is 9.47 Å². The molecule has 0 spiro atoms. The number of nitro benzene ring substituents is 1. The summed E-state index contributed by atoms with van der Waals surface area (Å²) >= 11 is 5.17. The van der Waals surface area contributed by atoms with Gasteiger partial charge < -0.3 is 13.9 Å². The summed E-state index contributed by atoms with van der Waals surface area (Å²) in [5, 5.41) is 22.3. The lowest BCUT2D eigenvalue weighted by molar-refractivity contribution is -0.385. The molecule has 0 aliphatic heterocycles. The van der Waals surface area contributed by atoms with E-state index < -0.39 is 4.92 Å². The molecule has 0 fully saturated rings. The number of methoxy groups -OCH3 is 1. The van der Waals surface area contributed by atoms with E-state index in [1.807, 2.05) is 0 Å². The Morgan fingerprint density at radius 3 is 2.96 bits per heavy atom. The van der Waals surface area contributed by atoms with Gasteiger partial charge in [-0.1, -0.05) is 0 Å². The molecule has 10 nitrogen and oxygen atoms in total. The number of ether oxygens (including phenoxy) is 2. The first-order valence-electron chi connectivity index (χ1n) is 7.80. The molecule has 1 N–H and O–H groups in total. The Morgan fingerprint density at radius 2 is 2.33 bits per heavy atom. The van der Waals surface area contributed by atoms with Gasteiger partial charge in [0.1, 0.15) is 0 Å². The van der Waals surface area contributed by atoms with Crippen LogP contribution in [0.5, 0.6) is 11.5 Å². The Morgan fingerprint density at radius 1 is 1.52 bits per heavy atom. The van der Waals surface area contributed by atoms with Gasteiger partial charge in [0.05, 0.1) is 31.1 Å². The Labute approximate surface area is 158 Å². The zero-order valence-corrected chi connectivity index (χ0v) is 15.2. The van der Waals surface area contributed by atoms with Crippen molar-refractivity contribution in [1.82, 2.24) is 14.9 Å². The number of nitrogens with zero attached hydrogens (tertiary/aromatic N) is 4. The van der Waals surface area contributed by atoms with E-state index in [1.54, 1.807) is 25.1 Å². The van der Waals surface area contributed by atoms with Crippen LogP contribution in [0.4, 0.5) is 5.69 Å². The van der Waals surface area contributed by atoms with Crippen molar-refractivity contribution in [3.05, 3.63) is 51.0 Å². The van der Waals surface area contributed by atoms with E-state index in [1.165, 1.54) is 30.3 Å². The quantitative estimate of drug-likeness (QED) is 0.284. The highest BCUT2D eigenvalue weighted by Gasteiger charge is 2.21. The smallest absolute Gasteiger partial charge is 0.315 e. The van der Waals surface area contributed by atoms with Crippen molar-refractivity contribution in [3.63, 3.8) is 0 Å². The second-order valence-corrected chi connectivity index (χ2v) is 5.53. The summed E-state index contributed by atoms with van der Waals surface area (Å²) in [6, 6.07) is 6.35. The monoisotopic (exact) mass is 389 g/mol. The predicted molar refractivity (Wildman–Crippen MR) is 98.9 cm³/mol. The van der Waals surface area contributed by atoms with Crippen molar-refractivity contribution in [1.29, 1.82) is 0 Å². The molecule has 3 aromatic rings. The zero-order chi connectivity index (χ0) is 19.4. The molecule has 0 saturated heterocycles. The van der Waals surface area contributed by atoms with Crippen LogP contribution in [0.2, 0.25) is 0 Å². The molecular weight excluding hydrogens is 374 g/mol. The Kier molecular flexibility index (Phi) is 5.31. The molecular formula is C16H15N5O5S. The standard InChI is InChI=1S/C16H15N5O5S/c1-3-25-13-8-10(7-11(21(22)23)14(13)24-2)9-17-20-15(18-19-16(20)27)12-5-4-6-26-12/h4-9H,3H2,1-2H3,(H,19,27)/b17-9-. The number of H-pyrrole nitrogens is 1. The van der Waals surface area contributed by atoms with Crippen molar-refractivity contribution in [2.45, 2.75) is 6.92 Å². The summed E-state index contributed by atoms with van der Waals surface area (Å²) in [5.41, 5.74) is 0.200. The third-order valence-electron chi connectivity index (χ3n) is 3.47. The minimum Gasteiger partial charge on any atom is -0.490 e. The normalized spacial score (nSPS) is 11.0. The number of nitrogens with one attached hydrogen (secondary N) is 1. The van der Waals surface area contributed by atoms with Gasteiger partial charge in [-0.05, 0) is 37.3 Å². The van der Waals surface area contributed by atoms with E-state index in [2.05, 4.69) is 15.3 Å². The highest BCUT2D eigenvalue weighted by atomic mass is 32.1. The second-order valence-electron chi connectivity index (χ2n) is 5.15. The first-order chi connectivity index (χ1) is 13.0. The summed E-state index contributed by atoms with van der Waals surface area (Å²) in [4.78, 5) is 10.8. The molecule has 0 atom stereocenters. The maximum Gasteiger partial charge on any atom is 0.315 e. The molecule has 2 heterocycles. The predicted octanol–water partition coefficient (Wildman–Crippen LogP) is 3.40. The maximum absolute atomic E-state index is 11.4. The molecule has 140 valence electrons. The molecule has 0 unspecified atom stereocenters. The fourth-order valence-corrected chi connectivity index (χ4v) is 2.55. The van der Waals surface area contributed by atoms with E-state index in [4.69, 9.17) is 26.1 Å². The number of benzene rings is 1. The highest BCUT2D eigenvalue weighted by Crippen LogP contribution is 2.37. The number of hydrogen-bond donors (Lipinski definition) is 1. The van der Waals surface area contributed by atoms with Crippen molar-refractivity contribution in [3.8, 4) is 23.1 Å². The largest absolute Gasteiger partial charge is 0.490 e. The highest BCUT2D eigenvalue weighted by molar-refractivity contribution is 7.71. The van der Waals surface area contributed by atoms with Crippen LogP contribution >= 0.6 is 12.2 Å². The SMILES string of the molecule is CCOc1cc(/C=N\n2c(-c3ccco3)n[nH]c2=S)cc([N+](=O)[O-])c1OC. The number of rotatable bonds is 7. The molecule has 0 radical (unpaired) electrons. The van der Waals surface area contributed by atoms with Gasteiger partial charge in [0.25, 0.3) is 0 Å². The molecule has 1 aromatic carbocycles. The van der Waals surface area contributed by atoms with Gasteiger partial charge in [0.15, 0.2) is 11.5 Å². The molecule has 0 aliphatic rings. The molecule has 0 bridgehead atoms. The topological polar surface area (TPSA) is 121 Å². The van der Waals surface area contributed by atoms with Crippen LogP contribution in [-0.4, -0.2) is 39.7 Å². The summed E-state index contributed by atoms with van der Waals surface area (Å²) in [5.74, 6) is 1.14. The van der Waals surface area contributed by atoms with Gasteiger partial charge in [0.2, 0.25) is 16.3 Å². The van der Waals surface area contributed by atoms with Gasteiger partial charge in [0, 0.05) is 11.6 Å². The van der Waals surface area contributed by atoms with Crippen LogP contribution in [-0.2, 0) is 0 Å². The fraction of sp³-hybridized carbons (Fsp3) is 0.188. The third-order valence-corrected chi connectivity index (χ3v) is 3.74. The summed E-state index contributed by atoms with van der Waals surface area (Å²) in [6.45, 7) is 2.09. The van der Waals surface area contributed by atoms with Gasteiger partial charge in [-0.25, -0.2) is 5.10 Å². The number of aromatic nitrogens is 3. The van der Waals surface area contributed by atoms with E-state index >= 15 is 0 Å². The van der Waals surface area contributed by atoms with Crippen molar-refractivity contribution >= 4 is 24.1 Å². The summed E-state index contributed by atoms with van der Waals surface area (Å²) in [7, 11) is 1.35. The molecule has 11 heteroatoms.